The lowest BCUT2D eigenvalue weighted by Crippen LogP contribution is -2.64. The van der Waals surface area contributed by atoms with Crippen LogP contribution in [0.4, 0.5) is 4.79 Å². The summed E-state index contributed by atoms with van der Waals surface area (Å²) < 4.78 is 5.03. The molecule has 0 radical (unpaired) electrons. The van der Waals surface area contributed by atoms with Crippen LogP contribution >= 0.6 is 11.6 Å². The van der Waals surface area contributed by atoms with Gasteiger partial charge in [-0.05, 0) is 0 Å². The molecule has 116 valence electrons. The molecule has 1 rings (SSSR count). The third-order valence-corrected chi connectivity index (χ3v) is 2.96. The second-order valence-electron chi connectivity index (χ2n) is 4.09. The zero-order valence-electron chi connectivity index (χ0n) is 10.3. The summed E-state index contributed by atoms with van der Waals surface area (Å²) in [5, 5.41) is 42.7. The highest BCUT2D eigenvalue weighted by atomic mass is 35.5. The Bertz CT molecular complexity index is 346. The Kier molecular flexibility index (Phi) is 6.52. The molecule has 11 heteroatoms. The second-order valence-corrected chi connectivity index (χ2v) is 4.47. The first-order valence-corrected chi connectivity index (χ1v) is 6.27. The van der Waals surface area contributed by atoms with Gasteiger partial charge in [-0.3, -0.25) is 0 Å². The average molecular weight is 314 g/mol. The number of nitrogens with zero attached hydrogens (tertiary/aromatic N) is 2. The van der Waals surface area contributed by atoms with E-state index in [1.165, 1.54) is 0 Å². The highest BCUT2D eigenvalue weighted by Crippen LogP contribution is 2.19. The third kappa shape index (κ3) is 3.75. The van der Waals surface area contributed by atoms with E-state index in [1.807, 2.05) is 0 Å². The second kappa shape index (κ2) is 7.67. The number of ether oxygens (including phenoxy) is 1. The van der Waals surface area contributed by atoms with Crippen molar-refractivity contribution in [3.63, 3.8) is 0 Å². The fourth-order valence-electron chi connectivity index (χ4n) is 1.68. The van der Waals surface area contributed by atoms with Gasteiger partial charge in [0.2, 0.25) is 0 Å². The number of hydrogen-bond donors (Lipinski definition) is 5. The quantitative estimate of drug-likeness (QED) is 0.218. The predicted molar refractivity (Wildman–Crippen MR) is 65.5 cm³/mol. The van der Waals surface area contributed by atoms with Gasteiger partial charge in [-0.15, -0.1) is 16.5 Å². The minimum absolute atomic E-state index is 0.0339. The summed E-state index contributed by atoms with van der Waals surface area (Å²) in [7, 11) is 0. The maximum atomic E-state index is 11.6. The Morgan fingerprint density at radius 2 is 1.95 bits per heavy atom. The third-order valence-electron chi connectivity index (χ3n) is 2.79. The van der Waals surface area contributed by atoms with Crippen LogP contribution in [-0.2, 0) is 4.74 Å². The number of carbonyl (C=O) groups is 1. The van der Waals surface area contributed by atoms with Gasteiger partial charge in [0.05, 0.1) is 18.4 Å². The Labute approximate surface area is 118 Å². The molecule has 0 spiro atoms. The van der Waals surface area contributed by atoms with Crippen LogP contribution in [0.1, 0.15) is 0 Å². The van der Waals surface area contributed by atoms with Crippen LogP contribution in [0, 0.1) is 4.91 Å². The summed E-state index contributed by atoms with van der Waals surface area (Å²) >= 11 is 5.37. The maximum Gasteiger partial charge on any atom is 0.342 e. The van der Waals surface area contributed by atoms with Crippen molar-refractivity contribution >= 4 is 17.6 Å². The Balaban J connectivity index is 2.70. The minimum Gasteiger partial charge on any atom is -0.394 e. The van der Waals surface area contributed by atoms with E-state index in [1.54, 1.807) is 0 Å². The minimum atomic E-state index is -1.64. The number of amides is 2. The molecule has 5 N–H and O–H groups in total. The van der Waals surface area contributed by atoms with Gasteiger partial charge >= 0.3 is 6.03 Å². The molecule has 5 atom stereocenters. The van der Waals surface area contributed by atoms with Crippen LogP contribution in [0.5, 0.6) is 0 Å². The van der Waals surface area contributed by atoms with Gasteiger partial charge in [0.1, 0.15) is 24.4 Å². The lowest BCUT2D eigenvalue weighted by Gasteiger charge is -2.40. The van der Waals surface area contributed by atoms with Crippen LogP contribution in [0.3, 0.4) is 0 Å². The predicted octanol–water partition coefficient (Wildman–Crippen LogP) is -2.28. The van der Waals surface area contributed by atoms with E-state index in [0.717, 1.165) is 0 Å². The van der Waals surface area contributed by atoms with Gasteiger partial charge in [0.15, 0.2) is 6.23 Å². The molecule has 1 aliphatic heterocycles. The Hall–Kier alpha value is -1.04. The molecule has 0 aromatic carbocycles. The lowest BCUT2D eigenvalue weighted by atomic mass is 9.98. The van der Waals surface area contributed by atoms with Crippen molar-refractivity contribution in [3.8, 4) is 0 Å². The van der Waals surface area contributed by atoms with Crippen LogP contribution < -0.4 is 5.32 Å². The number of carbonyl (C=O) groups excluding carboxylic acids is 1. The first kappa shape index (κ1) is 17.0. The molecule has 0 aromatic rings. The summed E-state index contributed by atoms with van der Waals surface area (Å²) in [5.74, 6) is -0.0339. The van der Waals surface area contributed by atoms with Crippen molar-refractivity contribution in [3.05, 3.63) is 4.91 Å². The van der Waals surface area contributed by atoms with E-state index in [-0.39, 0.29) is 12.4 Å². The summed E-state index contributed by atoms with van der Waals surface area (Å²) in [6.07, 6.45) is -7.38. The number of aliphatic hydroxyl groups is 4. The fraction of sp³-hybridized carbons (Fsp3) is 0.889. The van der Waals surface area contributed by atoms with Crippen molar-refractivity contribution in [1.29, 1.82) is 0 Å². The van der Waals surface area contributed by atoms with E-state index < -0.39 is 43.3 Å². The summed E-state index contributed by atoms with van der Waals surface area (Å²) in [4.78, 5) is 22.0. The van der Waals surface area contributed by atoms with E-state index in [9.17, 15) is 25.0 Å². The number of nitrogens with one attached hydrogen (secondary N) is 1. The van der Waals surface area contributed by atoms with E-state index in [2.05, 4.69) is 10.6 Å². The zero-order chi connectivity index (χ0) is 15.3. The van der Waals surface area contributed by atoms with Crippen molar-refractivity contribution in [2.24, 2.45) is 5.29 Å². The first-order valence-electron chi connectivity index (χ1n) is 5.74. The molecule has 1 heterocycles. The molecule has 0 aromatic heterocycles. The SMILES string of the molecule is O=NN(CCCl)C(=O)N[C@@H]1O[C@@H](CO)[C@@H](O)[C@@H](O)[C@@H]1O. The molecule has 2 amide bonds. The van der Waals surface area contributed by atoms with Crippen molar-refractivity contribution in [1.82, 2.24) is 10.3 Å². The Morgan fingerprint density at radius 1 is 1.30 bits per heavy atom. The van der Waals surface area contributed by atoms with Crippen molar-refractivity contribution in [2.75, 3.05) is 19.0 Å². The van der Waals surface area contributed by atoms with Gasteiger partial charge < -0.3 is 30.5 Å². The van der Waals surface area contributed by atoms with E-state index in [4.69, 9.17) is 21.4 Å². The molecular formula is C9H16ClN3O7. The monoisotopic (exact) mass is 313 g/mol. The number of hydrogen-bond acceptors (Lipinski definition) is 8. The number of alkyl halides is 1. The van der Waals surface area contributed by atoms with Gasteiger partial charge in [-0.25, -0.2) is 4.79 Å². The highest BCUT2D eigenvalue weighted by molar-refractivity contribution is 6.18. The van der Waals surface area contributed by atoms with E-state index >= 15 is 0 Å². The molecular weight excluding hydrogens is 298 g/mol. The van der Waals surface area contributed by atoms with E-state index in [0.29, 0.717) is 5.01 Å². The number of aliphatic hydroxyl groups excluding tert-OH is 4. The average Bonchev–Trinajstić information content (AvgIpc) is 2.45. The number of urea groups is 1. The zero-order valence-corrected chi connectivity index (χ0v) is 11.0. The van der Waals surface area contributed by atoms with Crippen LogP contribution in [0.25, 0.3) is 0 Å². The van der Waals surface area contributed by atoms with Gasteiger partial charge in [-0.2, -0.15) is 5.01 Å². The van der Waals surface area contributed by atoms with Crippen LogP contribution in [0.2, 0.25) is 0 Å². The molecule has 10 nitrogen and oxygen atoms in total. The maximum absolute atomic E-state index is 11.6. The molecule has 1 aliphatic rings. The molecule has 1 fully saturated rings. The number of nitroso groups, excluding NO2 is 1. The molecule has 0 bridgehead atoms. The Morgan fingerprint density at radius 3 is 2.45 bits per heavy atom. The molecule has 0 saturated carbocycles. The van der Waals surface area contributed by atoms with Crippen LogP contribution in [-0.4, -0.2) is 81.1 Å². The van der Waals surface area contributed by atoms with Gasteiger partial charge in [-0.1, -0.05) is 0 Å². The molecule has 1 saturated heterocycles. The van der Waals surface area contributed by atoms with Crippen molar-refractivity contribution in [2.45, 2.75) is 30.6 Å². The molecule has 0 unspecified atom stereocenters. The fourth-order valence-corrected chi connectivity index (χ4v) is 1.84. The van der Waals surface area contributed by atoms with Crippen molar-refractivity contribution < 1.29 is 30.0 Å². The molecule has 20 heavy (non-hydrogen) atoms. The summed E-state index contributed by atoms with van der Waals surface area (Å²) in [6.45, 7) is -0.789. The normalized spacial score (nSPS) is 33.5. The summed E-state index contributed by atoms with van der Waals surface area (Å²) in [6, 6.07) is -0.995. The first-order chi connectivity index (χ1) is 9.46. The number of halogens is 1. The van der Waals surface area contributed by atoms with Crippen LogP contribution in [0.15, 0.2) is 5.29 Å². The summed E-state index contributed by atoms with van der Waals surface area (Å²) in [5.41, 5.74) is 0. The smallest absolute Gasteiger partial charge is 0.342 e. The standard InChI is InChI=1S/C9H16ClN3O7/c10-1-2-13(12-19)9(18)11-8-7(17)6(16)5(15)4(3-14)20-8/h4-8,14-17H,1-3H2,(H,11,18)/t4-,5+,6+,7-,8+/m0/s1. The van der Waals surface area contributed by atoms with Gasteiger partial charge in [0, 0.05) is 5.88 Å². The largest absolute Gasteiger partial charge is 0.394 e. The highest BCUT2D eigenvalue weighted by Gasteiger charge is 2.44. The topological polar surface area (TPSA) is 152 Å². The van der Waals surface area contributed by atoms with Gasteiger partial charge in [0.25, 0.3) is 0 Å². The lowest BCUT2D eigenvalue weighted by molar-refractivity contribution is -0.233. The molecule has 0 aliphatic carbocycles. The number of rotatable bonds is 5.